The summed E-state index contributed by atoms with van der Waals surface area (Å²) in [6.45, 7) is 1.11. The van der Waals surface area contributed by atoms with E-state index in [0.717, 1.165) is 11.1 Å². The maximum atomic E-state index is 13.2. The van der Waals surface area contributed by atoms with E-state index in [1.165, 1.54) is 6.07 Å². The molecule has 0 aliphatic carbocycles. The van der Waals surface area contributed by atoms with Gasteiger partial charge < -0.3 is 5.32 Å². The van der Waals surface area contributed by atoms with Crippen molar-refractivity contribution < 1.29 is 9.18 Å². The number of carbonyl (C=O) groups excluding carboxylic acids is 1. The molecular formula is C18H19BrFN3O. The van der Waals surface area contributed by atoms with Crippen LogP contribution in [0.2, 0.25) is 0 Å². The Hall–Kier alpha value is -1.76. The molecule has 1 fully saturated rings. The van der Waals surface area contributed by atoms with Gasteiger partial charge in [-0.1, -0.05) is 36.4 Å². The third-order valence-corrected chi connectivity index (χ3v) is 4.78. The minimum Gasteiger partial charge on any atom is -0.355 e. The summed E-state index contributed by atoms with van der Waals surface area (Å²) < 4.78 is 13.7. The van der Waals surface area contributed by atoms with Crippen molar-refractivity contribution >= 4 is 21.8 Å². The van der Waals surface area contributed by atoms with Crippen molar-refractivity contribution in [3.63, 3.8) is 0 Å². The van der Waals surface area contributed by atoms with Crippen molar-refractivity contribution in [3.8, 4) is 0 Å². The average molecular weight is 392 g/mol. The fourth-order valence-corrected chi connectivity index (χ4v) is 3.30. The molecule has 0 aromatic heterocycles. The normalized spacial score (nSPS) is 20.1. The van der Waals surface area contributed by atoms with Crippen molar-refractivity contribution in [2.45, 2.75) is 12.5 Å². The zero-order chi connectivity index (χ0) is 16.9. The van der Waals surface area contributed by atoms with E-state index in [1.54, 1.807) is 12.1 Å². The van der Waals surface area contributed by atoms with Crippen LogP contribution in [0.15, 0.2) is 53.0 Å². The van der Waals surface area contributed by atoms with Gasteiger partial charge in [-0.3, -0.25) is 10.2 Å². The van der Waals surface area contributed by atoms with E-state index in [1.807, 2.05) is 30.3 Å². The highest BCUT2D eigenvalue weighted by Gasteiger charge is 2.33. The Kier molecular flexibility index (Phi) is 5.60. The Labute approximate surface area is 148 Å². The predicted octanol–water partition coefficient (Wildman–Crippen LogP) is 2.71. The SMILES string of the molecule is O=C(NCCc1ccc(F)c(Br)c1)C1CNNC1c1ccccc1. The number of halogens is 2. The van der Waals surface area contributed by atoms with E-state index in [-0.39, 0.29) is 23.7 Å². The maximum absolute atomic E-state index is 13.2. The zero-order valence-electron chi connectivity index (χ0n) is 13.1. The van der Waals surface area contributed by atoms with Crippen LogP contribution in [0.3, 0.4) is 0 Å². The number of hydrogen-bond acceptors (Lipinski definition) is 3. The van der Waals surface area contributed by atoms with Gasteiger partial charge in [-0.2, -0.15) is 0 Å². The standard InChI is InChI=1S/C18H19BrFN3O/c19-15-10-12(6-7-16(15)20)8-9-21-18(24)14-11-22-23-17(14)13-4-2-1-3-5-13/h1-7,10,14,17,22-23H,8-9,11H2,(H,21,24). The van der Waals surface area contributed by atoms with Gasteiger partial charge >= 0.3 is 0 Å². The Bertz CT molecular complexity index is 711. The molecule has 1 heterocycles. The van der Waals surface area contributed by atoms with Crippen LogP contribution in [0, 0.1) is 11.7 Å². The van der Waals surface area contributed by atoms with Crippen LogP contribution in [-0.2, 0) is 11.2 Å². The molecule has 1 amide bonds. The first kappa shape index (κ1) is 17.1. The minimum absolute atomic E-state index is 0.0162. The highest BCUT2D eigenvalue weighted by Crippen LogP contribution is 2.24. The first-order chi connectivity index (χ1) is 11.6. The van der Waals surface area contributed by atoms with E-state index in [4.69, 9.17) is 0 Å². The summed E-state index contributed by atoms with van der Waals surface area (Å²) in [6, 6.07) is 14.8. The smallest absolute Gasteiger partial charge is 0.226 e. The molecule has 1 saturated heterocycles. The summed E-state index contributed by atoms with van der Waals surface area (Å²) in [5.74, 6) is -0.425. The number of carbonyl (C=O) groups is 1. The summed E-state index contributed by atoms with van der Waals surface area (Å²) in [6.07, 6.45) is 0.661. The van der Waals surface area contributed by atoms with Crippen LogP contribution < -0.4 is 16.2 Å². The molecule has 6 heteroatoms. The fraction of sp³-hybridized carbons (Fsp3) is 0.278. The second-order valence-corrected chi connectivity index (χ2v) is 6.66. The Balaban J connectivity index is 1.55. The zero-order valence-corrected chi connectivity index (χ0v) is 14.6. The molecule has 0 bridgehead atoms. The van der Waals surface area contributed by atoms with Crippen LogP contribution in [0.5, 0.6) is 0 Å². The number of nitrogens with one attached hydrogen (secondary N) is 3. The molecule has 3 N–H and O–H groups in total. The first-order valence-electron chi connectivity index (χ1n) is 7.90. The van der Waals surface area contributed by atoms with E-state index in [0.29, 0.717) is 24.0 Å². The van der Waals surface area contributed by atoms with Crippen molar-refractivity contribution in [1.82, 2.24) is 16.2 Å². The van der Waals surface area contributed by atoms with Gasteiger partial charge in [0.1, 0.15) is 5.82 Å². The molecule has 2 unspecified atom stereocenters. The average Bonchev–Trinajstić information content (AvgIpc) is 3.08. The highest BCUT2D eigenvalue weighted by atomic mass is 79.9. The number of rotatable bonds is 5. The molecule has 2 atom stereocenters. The molecule has 4 nitrogen and oxygen atoms in total. The third kappa shape index (κ3) is 4.01. The number of amides is 1. The summed E-state index contributed by atoms with van der Waals surface area (Å²) in [7, 11) is 0. The number of benzene rings is 2. The molecule has 3 rings (SSSR count). The van der Waals surface area contributed by atoms with Gasteiger partial charge in [-0.25, -0.2) is 9.82 Å². The highest BCUT2D eigenvalue weighted by molar-refractivity contribution is 9.10. The van der Waals surface area contributed by atoms with E-state index >= 15 is 0 Å². The second-order valence-electron chi connectivity index (χ2n) is 5.81. The maximum Gasteiger partial charge on any atom is 0.226 e. The van der Waals surface area contributed by atoms with Gasteiger partial charge in [0.2, 0.25) is 5.91 Å². The van der Waals surface area contributed by atoms with Crippen molar-refractivity contribution in [2.75, 3.05) is 13.1 Å². The van der Waals surface area contributed by atoms with Crippen molar-refractivity contribution in [3.05, 3.63) is 69.9 Å². The van der Waals surface area contributed by atoms with Gasteiger partial charge in [0, 0.05) is 13.1 Å². The van der Waals surface area contributed by atoms with Crippen LogP contribution >= 0.6 is 15.9 Å². The second kappa shape index (κ2) is 7.88. The molecule has 2 aromatic carbocycles. The van der Waals surface area contributed by atoms with Gasteiger partial charge in [0.15, 0.2) is 0 Å². The Morgan fingerprint density at radius 1 is 1.25 bits per heavy atom. The molecule has 0 radical (unpaired) electrons. The molecule has 0 spiro atoms. The molecule has 2 aromatic rings. The van der Waals surface area contributed by atoms with Crippen LogP contribution in [-0.4, -0.2) is 19.0 Å². The Morgan fingerprint density at radius 2 is 2.04 bits per heavy atom. The lowest BCUT2D eigenvalue weighted by Crippen LogP contribution is -2.36. The lowest BCUT2D eigenvalue weighted by atomic mass is 9.94. The minimum atomic E-state index is -0.281. The van der Waals surface area contributed by atoms with E-state index < -0.39 is 0 Å². The van der Waals surface area contributed by atoms with Crippen LogP contribution in [0.1, 0.15) is 17.2 Å². The lowest BCUT2D eigenvalue weighted by molar-refractivity contribution is -0.124. The van der Waals surface area contributed by atoms with Crippen LogP contribution in [0.25, 0.3) is 0 Å². The summed E-state index contributed by atoms with van der Waals surface area (Å²) >= 11 is 3.18. The van der Waals surface area contributed by atoms with Gasteiger partial charge in [-0.05, 0) is 45.6 Å². The van der Waals surface area contributed by atoms with E-state index in [9.17, 15) is 9.18 Å². The molecular weight excluding hydrogens is 373 g/mol. The quantitative estimate of drug-likeness (QED) is 0.734. The molecule has 126 valence electrons. The fourth-order valence-electron chi connectivity index (χ4n) is 2.87. The molecule has 24 heavy (non-hydrogen) atoms. The third-order valence-electron chi connectivity index (χ3n) is 4.17. The summed E-state index contributed by atoms with van der Waals surface area (Å²) in [4.78, 5) is 12.5. The largest absolute Gasteiger partial charge is 0.355 e. The summed E-state index contributed by atoms with van der Waals surface area (Å²) in [5, 5.41) is 2.98. The first-order valence-corrected chi connectivity index (χ1v) is 8.69. The summed E-state index contributed by atoms with van der Waals surface area (Å²) in [5.41, 5.74) is 8.30. The monoisotopic (exact) mass is 391 g/mol. The Morgan fingerprint density at radius 3 is 2.79 bits per heavy atom. The van der Waals surface area contributed by atoms with Crippen molar-refractivity contribution in [1.29, 1.82) is 0 Å². The predicted molar refractivity (Wildman–Crippen MR) is 94.6 cm³/mol. The lowest BCUT2D eigenvalue weighted by Gasteiger charge is -2.18. The molecule has 1 aliphatic rings. The van der Waals surface area contributed by atoms with E-state index in [2.05, 4.69) is 32.1 Å². The molecule has 1 aliphatic heterocycles. The van der Waals surface area contributed by atoms with Crippen LogP contribution in [0.4, 0.5) is 4.39 Å². The molecule has 0 saturated carbocycles. The van der Waals surface area contributed by atoms with Gasteiger partial charge in [0.05, 0.1) is 16.4 Å². The van der Waals surface area contributed by atoms with Crippen molar-refractivity contribution in [2.24, 2.45) is 5.92 Å². The number of hydrazine groups is 1. The van der Waals surface area contributed by atoms with Gasteiger partial charge in [0.25, 0.3) is 0 Å². The number of hydrogen-bond donors (Lipinski definition) is 3. The topological polar surface area (TPSA) is 53.2 Å². The van der Waals surface area contributed by atoms with Gasteiger partial charge in [-0.15, -0.1) is 0 Å².